The molecule has 3 aromatic rings. The van der Waals surface area contributed by atoms with Crippen LogP contribution in [0.3, 0.4) is 0 Å². The summed E-state index contributed by atoms with van der Waals surface area (Å²) in [6, 6.07) is 15.3. The first kappa shape index (κ1) is 14.2. The van der Waals surface area contributed by atoms with Crippen LogP contribution in [0.25, 0.3) is 11.3 Å². The Bertz CT molecular complexity index is 1060. The van der Waals surface area contributed by atoms with Crippen molar-refractivity contribution in [1.82, 2.24) is 4.98 Å². The fourth-order valence-corrected chi connectivity index (χ4v) is 6.27. The molecule has 0 saturated heterocycles. The predicted octanol–water partition coefficient (Wildman–Crippen LogP) is 5.89. The summed E-state index contributed by atoms with van der Waals surface area (Å²) in [5.74, 6) is 5.08. The molecule has 0 aliphatic heterocycles. The summed E-state index contributed by atoms with van der Waals surface area (Å²) in [4.78, 5) is 4.52. The fourth-order valence-electron chi connectivity index (χ4n) is 3.08. The normalized spacial score (nSPS) is 16.8. The molecule has 0 radical (unpaired) electrons. The van der Waals surface area contributed by atoms with E-state index in [9.17, 15) is 5.76 Å². The molecule has 1 aromatic heterocycles. The topological polar surface area (TPSA) is 12.9 Å². The molecule has 3 rings (SSSR count). The summed E-state index contributed by atoms with van der Waals surface area (Å²) in [5, 5.41) is 0. The maximum atomic E-state index is 14.8. The summed E-state index contributed by atoms with van der Waals surface area (Å²) in [5.41, 5.74) is 2.28. The summed E-state index contributed by atoms with van der Waals surface area (Å²) < 4.78 is 47.6. The maximum absolute atomic E-state index is 14.8. The van der Waals surface area contributed by atoms with Gasteiger partial charge in [0.1, 0.15) is 0 Å². The molecule has 0 N–H and O–H groups in total. The van der Waals surface area contributed by atoms with Crippen molar-refractivity contribution < 1.29 is 9.87 Å². The molecule has 2 aromatic carbocycles. The molecule has 1 atom stereocenters. The van der Waals surface area contributed by atoms with Crippen LogP contribution in [0.4, 0.5) is 4.39 Å². The minimum atomic E-state index is -2.40. The van der Waals surface area contributed by atoms with Gasteiger partial charge in [-0.25, -0.2) is 0 Å². The van der Waals surface area contributed by atoms with Gasteiger partial charge in [0.05, 0.1) is 0 Å². The first-order valence-corrected chi connectivity index (χ1v) is 16.0. The van der Waals surface area contributed by atoms with Gasteiger partial charge in [0.15, 0.2) is 0 Å². The van der Waals surface area contributed by atoms with E-state index in [2.05, 4.69) is 22.3 Å². The first-order chi connectivity index (χ1) is 13.8. The zero-order valence-electron chi connectivity index (χ0n) is 19.6. The van der Waals surface area contributed by atoms with Gasteiger partial charge in [-0.3, -0.25) is 0 Å². The number of benzene rings is 2. The van der Waals surface area contributed by atoms with Gasteiger partial charge in [-0.2, -0.15) is 0 Å². The van der Waals surface area contributed by atoms with Crippen LogP contribution in [0.2, 0.25) is 17.3 Å². The molecule has 134 valence electrons. The monoisotopic (exact) mass is 413 g/mol. The summed E-state index contributed by atoms with van der Waals surface area (Å²) in [7, 11) is 0. The molecule has 0 bridgehead atoms. The molecule has 0 spiro atoms. The average molecular weight is 412 g/mol. The predicted molar refractivity (Wildman–Crippen MR) is 111 cm³/mol. The molecule has 0 aliphatic carbocycles. The standard InChI is InChI=1S/C23H26FGeN/c1-16-11-12-19(21(24)13-16)23-14-20(22(15-26-23)25(3,4)5)17(2)18-9-7-6-8-10-18/h6-15,17H,1-5H3/i1D3,17D. The Kier molecular flexibility index (Phi) is 4.01. The van der Waals surface area contributed by atoms with Crippen molar-refractivity contribution in [2.24, 2.45) is 0 Å². The van der Waals surface area contributed by atoms with E-state index >= 15 is 0 Å². The third-order valence-electron chi connectivity index (χ3n) is 4.57. The van der Waals surface area contributed by atoms with Crippen LogP contribution >= 0.6 is 0 Å². The van der Waals surface area contributed by atoms with Gasteiger partial charge in [-0.15, -0.1) is 0 Å². The second-order valence-electron chi connectivity index (χ2n) is 7.55. The van der Waals surface area contributed by atoms with Crippen molar-refractivity contribution in [3.63, 3.8) is 0 Å². The van der Waals surface area contributed by atoms with Crippen molar-refractivity contribution >= 4 is 17.7 Å². The van der Waals surface area contributed by atoms with Gasteiger partial charge < -0.3 is 0 Å². The van der Waals surface area contributed by atoms with E-state index in [1.165, 1.54) is 12.1 Å². The van der Waals surface area contributed by atoms with Gasteiger partial charge in [0.2, 0.25) is 0 Å². The number of aromatic nitrogens is 1. The van der Waals surface area contributed by atoms with Gasteiger partial charge in [-0.1, -0.05) is 0 Å². The van der Waals surface area contributed by atoms with Crippen molar-refractivity contribution in [2.45, 2.75) is 36.9 Å². The number of nitrogens with zero attached hydrogens (tertiary/aromatic N) is 1. The third-order valence-corrected chi connectivity index (χ3v) is 8.79. The Balaban J connectivity index is 2.20. The van der Waals surface area contributed by atoms with Crippen LogP contribution < -0.4 is 4.40 Å². The van der Waals surface area contributed by atoms with Crippen molar-refractivity contribution in [2.75, 3.05) is 0 Å². The van der Waals surface area contributed by atoms with Crippen LogP contribution in [0, 0.1) is 12.7 Å². The zero-order chi connectivity index (χ0) is 22.3. The Morgan fingerprint density at radius 3 is 2.42 bits per heavy atom. The van der Waals surface area contributed by atoms with Crippen LogP contribution in [0.15, 0.2) is 60.8 Å². The number of hydrogen-bond donors (Lipinski definition) is 0. The van der Waals surface area contributed by atoms with Crippen LogP contribution in [0.1, 0.15) is 35.0 Å². The number of halogens is 1. The van der Waals surface area contributed by atoms with E-state index in [-0.39, 0.29) is 11.1 Å². The fraction of sp³-hybridized carbons (Fsp3) is 0.261. The second kappa shape index (κ2) is 7.36. The van der Waals surface area contributed by atoms with Gasteiger partial charge >= 0.3 is 164 Å². The first-order valence-electron chi connectivity index (χ1n) is 10.7. The average Bonchev–Trinajstić information content (AvgIpc) is 2.66. The quantitative estimate of drug-likeness (QED) is 0.487. The van der Waals surface area contributed by atoms with Gasteiger partial charge in [0, 0.05) is 0 Å². The third kappa shape index (κ3) is 3.91. The molecule has 0 saturated carbocycles. The van der Waals surface area contributed by atoms with Crippen LogP contribution in [-0.2, 0) is 0 Å². The van der Waals surface area contributed by atoms with Crippen molar-refractivity contribution in [1.29, 1.82) is 0 Å². The van der Waals surface area contributed by atoms with Crippen LogP contribution in [0.5, 0.6) is 0 Å². The van der Waals surface area contributed by atoms with E-state index in [0.29, 0.717) is 5.69 Å². The Morgan fingerprint density at radius 1 is 1.08 bits per heavy atom. The van der Waals surface area contributed by atoms with Crippen LogP contribution in [-0.4, -0.2) is 18.3 Å². The Labute approximate surface area is 164 Å². The molecule has 1 unspecified atom stereocenters. The minimum absolute atomic E-state index is 0.0418. The SMILES string of the molecule is [2H]C([2H])([2H])c1ccc(-c2cc(C([2H])(C)c3ccccc3)[c]([Ge]([CH3])([CH3])[CH3])cn2)c(F)c1. The van der Waals surface area contributed by atoms with E-state index in [1.807, 2.05) is 37.3 Å². The molecule has 0 fully saturated rings. The summed E-state index contributed by atoms with van der Waals surface area (Å²) in [6.45, 7) is -0.512. The number of pyridine rings is 1. The number of rotatable bonds is 4. The van der Waals surface area contributed by atoms with Crippen molar-refractivity contribution in [3.8, 4) is 11.3 Å². The van der Waals surface area contributed by atoms with E-state index in [1.54, 1.807) is 12.3 Å². The van der Waals surface area contributed by atoms with E-state index in [4.69, 9.17) is 4.11 Å². The van der Waals surface area contributed by atoms with E-state index < -0.39 is 31.8 Å². The molecule has 0 aliphatic rings. The molecule has 1 nitrogen and oxygen atoms in total. The van der Waals surface area contributed by atoms with Gasteiger partial charge in [-0.05, 0) is 0 Å². The second-order valence-corrected chi connectivity index (χ2v) is 18.1. The molecule has 26 heavy (non-hydrogen) atoms. The van der Waals surface area contributed by atoms with Gasteiger partial charge in [0.25, 0.3) is 0 Å². The Hall–Kier alpha value is -1.94. The van der Waals surface area contributed by atoms with Crippen molar-refractivity contribution in [3.05, 3.63) is 83.3 Å². The summed E-state index contributed by atoms with van der Waals surface area (Å²) in [6.07, 6.45) is 1.79. The Morgan fingerprint density at radius 2 is 1.81 bits per heavy atom. The molecular formula is C23H26FGeN. The number of aryl methyl sites for hydroxylation is 1. The summed E-state index contributed by atoms with van der Waals surface area (Å²) >= 11 is -2.40. The number of hydrogen-bond acceptors (Lipinski definition) is 1. The molecule has 1 heterocycles. The zero-order valence-corrected chi connectivity index (χ0v) is 17.7. The molecular weight excluding hydrogens is 382 g/mol. The molecule has 0 amide bonds. The van der Waals surface area contributed by atoms with E-state index in [0.717, 1.165) is 21.6 Å². The molecule has 3 heteroatoms.